The van der Waals surface area contributed by atoms with Crippen LogP contribution in [0.1, 0.15) is 29.2 Å². The summed E-state index contributed by atoms with van der Waals surface area (Å²) >= 11 is 0. The highest BCUT2D eigenvalue weighted by molar-refractivity contribution is 5.98. The molecule has 0 unspecified atom stereocenters. The van der Waals surface area contributed by atoms with E-state index in [1.54, 1.807) is 0 Å². The lowest BCUT2D eigenvalue weighted by atomic mass is 9.77. The van der Waals surface area contributed by atoms with Gasteiger partial charge in [-0.25, -0.2) is 4.98 Å². The Balaban J connectivity index is 1.23. The number of likely N-dealkylation sites (tertiary alicyclic amines) is 1. The molecule has 4 atom stereocenters. The number of aliphatic hydroxyl groups excluding tert-OH is 1. The smallest absolute Gasteiger partial charge is 0.253 e. The minimum atomic E-state index is -0.421. The van der Waals surface area contributed by atoms with E-state index in [4.69, 9.17) is 0 Å². The largest absolute Gasteiger partial charge is 0.391 e. The summed E-state index contributed by atoms with van der Waals surface area (Å²) in [5.41, 5.74) is 3.79. The van der Waals surface area contributed by atoms with Crippen LogP contribution in [0.25, 0.3) is 21.9 Å². The zero-order valence-corrected chi connectivity index (χ0v) is 16.6. The summed E-state index contributed by atoms with van der Waals surface area (Å²) in [6.45, 7) is 1.48. The number of para-hydroxylation sites is 2. The second-order valence-electron chi connectivity index (χ2n) is 8.76. The van der Waals surface area contributed by atoms with Crippen molar-refractivity contribution in [3.63, 3.8) is 0 Å². The first kappa shape index (κ1) is 17.7. The maximum atomic E-state index is 13.2. The second-order valence-corrected chi connectivity index (χ2v) is 8.76. The van der Waals surface area contributed by atoms with Crippen LogP contribution in [0.15, 0.2) is 61.1 Å². The summed E-state index contributed by atoms with van der Waals surface area (Å²) in [6, 6.07) is 15.9. The molecule has 3 heterocycles. The normalized spacial score (nSPS) is 26.4. The molecule has 2 fully saturated rings. The number of nitrogens with one attached hydrogen (secondary N) is 1. The molecule has 2 N–H and O–H groups in total. The molecule has 6 nitrogen and oxygen atoms in total. The average molecular weight is 400 g/mol. The molecule has 2 aliphatic rings. The van der Waals surface area contributed by atoms with Crippen molar-refractivity contribution < 1.29 is 9.90 Å². The number of aliphatic hydroxyl groups is 1. The van der Waals surface area contributed by atoms with Gasteiger partial charge in [0.25, 0.3) is 5.91 Å². The SMILES string of the molecule is O=C(c1ccc2[nH]ccc2c1)N1C[C@H]2C[C@@H](n3cnc4ccccc43)[C@H](O)C[C@H]2C1. The van der Waals surface area contributed by atoms with Gasteiger partial charge in [0.05, 0.1) is 29.5 Å². The van der Waals surface area contributed by atoms with E-state index in [0.717, 1.165) is 53.4 Å². The van der Waals surface area contributed by atoms with Gasteiger partial charge in [0.2, 0.25) is 0 Å². The second kappa shape index (κ2) is 6.71. The van der Waals surface area contributed by atoms with Gasteiger partial charge in [-0.15, -0.1) is 0 Å². The van der Waals surface area contributed by atoms with Gasteiger partial charge in [-0.3, -0.25) is 4.79 Å². The molecule has 0 spiro atoms. The number of H-pyrrole nitrogens is 1. The fourth-order valence-electron chi connectivity index (χ4n) is 5.48. The number of aromatic nitrogens is 3. The molecule has 6 heteroatoms. The topological polar surface area (TPSA) is 74.2 Å². The van der Waals surface area contributed by atoms with Gasteiger partial charge in [0, 0.05) is 35.8 Å². The number of nitrogens with zero attached hydrogens (tertiary/aromatic N) is 3. The summed E-state index contributed by atoms with van der Waals surface area (Å²) in [4.78, 5) is 22.8. The third kappa shape index (κ3) is 2.75. The van der Waals surface area contributed by atoms with E-state index in [0.29, 0.717) is 11.8 Å². The molecule has 1 saturated carbocycles. The van der Waals surface area contributed by atoms with Crippen LogP contribution in [0.2, 0.25) is 0 Å². The molecule has 1 aliphatic carbocycles. The fourth-order valence-corrected chi connectivity index (χ4v) is 5.48. The average Bonchev–Trinajstić information content (AvgIpc) is 3.49. The van der Waals surface area contributed by atoms with Crippen LogP contribution < -0.4 is 0 Å². The predicted octanol–water partition coefficient (Wildman–Crippen LogP) is 3.60. The van der Waals surface area contributed by atoms with Crippen LogP contribution in [-0.2, 0) is 0 Å². The number of carbonyl (C=O) groups excluding carboxylic acids is 1. The van der Waals surface area contributed by atoms with Crippen LogP contribution in [0.3, 0.4) is 0 Å². The number of hydrogen-bond donors (Lipinski definition) is 2. The number of hydrogen-bond acceptors (Lipinski definition) is 3. The number of carbonyl (C=O) groups is 1. The van der Waals surface area contributed by atoms with Crippen LogP contribution in [0.4, 0.5) is 0 Å². The van der Waals surface area contributed by atoms with E-state index in [2.05, 4.69) is 20.6 Å². The molecule has 6 rings (SSSR count). The Morgan fingerprint density at radius 1 is 1.07 bits per heavy atom. The van der Waals surface area contributed by atoms with Crippen LogP contribution in [0.5, 0.6) is 0 Å². The van der Waals surface area contributed by atoms with Gasteiger partial charge in [0.15, 0.2) is 0 Å². The summed E-state index contributed by atoms with van der Waals surface area (Å²) in [7, 11) is 0. The first-order valence-electron chi connectivity index (χ1n) is 10.6. The zero-order chi connectivity index (χ0) is 20.2. The molecular formula is C24H24N4O2. The highest BCUT2D eigenvalue weighted by Gasteiger charge is 2.43. The van der Waals surface area contributed by atoms with Crippen molar-refractivity contribution in [1.82, 2.24) is 19.4 Å². The summed E-state index contributed by atoms with van der Waals surface area (Å²) in [5, 5.41) is 12.0. The van der Waals surface area contributed by atoms with Gasteiger partial charge in [-0.1, -0.05) is 12.1 Å². The van der Waals surface area contributed by atoms with E-state index in [-0.39, 0.29) is 11.9 Å². The van der Waals surface area contributed by atoms with Gasteiger partial charge in [-0.2, -0.15) is 0 Å². The number of rotatable bonds is 2. The number of benzene rings is 2. The van der Waals surface area contributed by atoms with Crippen LogP contribution in [-0.4, -0.2) is 49.6 Å². The van der Waals surface area contributed by atoms with Gasteiger partial charge < -0.3 is 19.6 Å². The Morgan fingerprint density at radius 3 is 2.80 bits per heavy atom. The van der Waals surface area contributed by atoms with Crippen molar-refractivity contribution in [2.45, 2.75) is 25.0 Å². The maximum Gasteiger partial charge on any atom is 0.253 e. The quantitative estimate of drug-likeness (QED) is 0.540. The molecule has 0 bridgehead atoms. The van der Waals surface area contributed by atoms with Gasteiger partial charge >= 0.3 is 0 Å². The van der Waals surface area contributed by atoms with E-state index in [1.165, 1.54) is 0 Å². The lowest BCUT2D eigenvalue weighted by Gasteiger charge is -2.36. The molecule has 1 aliphatic heterocycles. The molecule has 30 heavy (non-hydrogen) atoms. The summed E-state index contributed by atoms with van der Waals surface area (Å²) < 4.78 is 2.13. The van der Waals surface area contributed by atoms with E-state index >= 15 is 0 Å². The zero-order valence-electron chi connectivity index (χ0n) is 16.6. The standard InChI is InChI=1S/C24H24N4O2/c29-23-11-18-13-27(24(30)16-5-6-19-15(9-16)7-8-25-19)12-17(18)10-22(23)28-14-26-20-3-1-2-4-21(20)28/h1-9,14,17-18,22-23,25,29H,10-13H2/t17-,18+,22-,23-/m1/s1. The summed E-state index contributed by atoms with van der Waals surface area (Å²) in [6.07, 6.45) is 4.91. The van der Waals surface area contributed by atoms with Crippen molar-refractivity contribution in [3.05, 3.63) is 66.6 Å². The third-order valence-corrected chi connectivity index (χ3v) is 7.03. The number of fused-ring (bicyclic) bond motifs is 3. The van der Waals surface area contributed by atoms with Crippen molar-refractivity contribution in [3.8, 4) is 0 Å². The Labute approximate surface area is 174 Å². The highest BCUT2D eigenvalue weighted by atomic mass is 16.3. The first-order valence-corrected chi connectivity index (χ1v) is 10.6. The van der Waals surface area contributed by atoms with Crippen molar-refractivity contribution in [2.24, 2.45) is 11.8 Å². The molecule has 1 saturated heterocycles. The predicted molar refractivity (Wildman–Crippen MR) is 115 cm³/mol. The highest BCUT2D eigenvalue weighted by Crippen LogP contribution is 2.42. The van der Waals surface area contributed by atoms with E-state index < -0.39 is 6.10 Å². The Kier molecular flexibility index (Phi) is 3.96. The van der Waals surface area contributed by atoms with E-state index in [9.17, 15) is 9.90 Å². The number of imidazole rings is 1. The minimum Gasteiger partial charge on any atom is -0.391 e. The third-order valence-electron chi connectivity index (χ3n) is 7.03. The van der Waals surface area contributed by atoms with Gasteiger partial charge in [0.1, 0.15) is 0 Å². The fraction of sp³-hybridized carbons (Fsp3) is 0.333. The molecule has 2 aromatic carbocycles. The maximum absolute atomic E-state index is 13.2. The lowest BCUT2D eigenvalue weighted by molar-refractivity contribution is 0.0374. The first-order chi connectivity index (χ1) is 14.7. The summed E-state index contributed by atoms with van der Waals surface area (Å²) in [5.74, 6) is 0.845. The van der Waals surface area contributed by atoms with Crippen molar-refractivity contribution in [2.75, 3.05) is 13.1 Å². The molecular weight excluding hydrogens is 376 g/mol. The number of amides is 1. The molecule has 0 radical (unpaired) electrons. The van der Waals surface area contributed by atoms with E-state index in [1.807, 2.05) is 59.9 Å². The Morgan fingerprint density at radius 2 is 1.90 bits per heavy atom. The lowest BCUT2D eigenvalue weighted by Crippen LogP contribution is -2.36. The molecule has 152 valence electrons. The monoisotopic (exact) mass is 400 g/mol. The number of aromatic amines is 1. The van der Waals surface area contributed by atoms with Crippen LogP contribution in [0, 0.1) is 11.8 Å². The molecule has 2 aromatic heterocycles. The Hall–Kier alpha value is -3.12. The molecule has 1 amide bonds. The molecule has 4 aromatic rings. The van der Waals surface area contributed by atoms with Crippen molar-refractivity contribution in [1.29, 1.82) is 0 Å². The Bertz CT molecular complexity index is 1240. The van der Waals surface area contributed by atoms with Gasteiger partial charge in [-0.05, 0) is 61.1 Å². The minimum absolute atomic E-state index is 0.00454. The van der Waals surface area contributed by atoms with Crippen molar-refractivity contribution >= 4 is 27.8 Å². The van der Waals surface area contributed by atoms with Crippen LogP contribution >= 0.6 is 0 Å².